The zero-order chi connectivity index (χ0) is 24.5. The van der Waals surface area contributed by atoms with Crippen molar-refractivity contribution in [3.63, 3.8) is 0 Å². The molecule has 0 aliphatic heterocycles. The molecule has 0 bridgehead atoms. The number of hydrogen-bond donors (Lipinski definition) is 3. The molecule has 0 saturated heterocycles. The zero-order valence-corrected chi connectivity index (χ0v) is 19.7. The van der Waals surface area contributed by atoms with Gasteiger partial charge >= 0.3 is 0 Å². The number of aromatic nitrogens is 1. The maximum atomic E-state index is 12.8. The predicted octanol–water partition coefficient (Wildman–Crippen LogP) is 3.67. The Kier molecular flexibility index (Phi) is 6.12. The quantitative estimate of drug-likeness (QED) is 0.382. The summed E-state index contributed by atoms with van der Waals surface area (Å²) in [4.78, 5) is 25.1. The third kappa shape index (κ3) is 4.51. The molecule has 9 heteroatoms. The van der Waals surface area contributed by atoms with Crippen LogP contribution in [0, 0.1) is 13.8 Å². The van der Waals surface area contributed by atoms with Gasteiger partial charge < -0.3 is 4.57 Å². The number of para-hydroxylation sites is 1. The summed E-state index contributed by atoms with van der Waals surface area (Å²) in [7, 11) is -1.99. The number of amides is 2. The Morgan fingerprint density at radius 3 is 2.24 bits per heavy atom. The first-order valence-electron chi connectivity index (χ1n) is 10.5. The molecule has 0 radical (unpaired) electrons. The van der Waals surface area contributed by atoms with Crippen molar-refractivity contribution in [1.82, 2.24) is 15.4 Å². The van der Waals surface area contributed by atoms with Gasteiger partial charge in [0, 0.05) is 29.7 Å². The van der Waals surface area contributed by atoms with E-state index in [1.807, 2.05) is 55.8 Å². The van der Waals surface area contributed by atoms with Gasteiger partial charge in [0.15, 0.2) is 0 Å². The highest BCUT2D eigenvalue weighted by atomic mass is 32.2. The number of aryl methyl sites for hydroxylation is 2. The molecule has 0 fully saturated rings. The molecule has 3 N–H and O–H groups in total. The van der Waals surface area contributed by atoms with Crippen LogP contribution in [0.25, 0.3) is 10.9 Å². The summed E-state index contributed by atoms with van der Waals surface area (Å²) >= 11 is 0. The molecule has 4 rings (SSSR count). The van der Waals surface area contributed by atoms with Crippen molar-refractivity contribution >= 4 is 38.4 Å². The summed E-state index contributed by atoms with van der Waals surface area (Å²) in [6, 6.07) is 18.3. The van der Waals surface area contributed by atoms with Gasteiger partial charge in [-0.25, -0.2) is 8.42 Å². The van der Waals surface area contributed by atoms with E-state index < -0.39 is 21.8 Å². The van der Waals surface area contributed by atoms with E-state index in [0.29, 0.717) is 11.3 Å². The number of sulfonamides is 1. The SMILES string of the molecule is Cc1cccc(NS(=O)(=O)c2ccc(C(=O)NNC(=O)c3cn(C)c4ccccc34)cc2)c1C. The molecule has 2 amide bonds. The third-order valence-corrected chi connectivity index (χ3v) is 7.09. The van der Waals surface area contributed by atoms with Crippen LogP contribution >= 0.6 is 0 Å². The van der Waals surface area contributed by atoms with E-state index in [0.717, 1.165) is 22.0 Å². The van der Waals surface area contributed by atoms with Crippen LogP contribution < -0.4 is 15.6 Å². The van der Waals surface area contributed by atoms with Crippen LogP contribution in [-0.4, -0.2) is 24.8 Å². The van der Waals surface area contributed by atoms with Crippen LogP contribution in [-0.2, 0) is 17.1 Å². The second kappa shape index (κ2) is 9.03. The number of hydrogen-bond acceptors (Lipinski definition) is 4. The van der Waals surface area contributed by atoms with Crippen molar-refractivity contribution in [3.8, 4) is 0 Å². The Labute approximate surface area is 197 Å². The molecule has 34 heavy (non-hydrogen) atoms. The minimum Gasteiger partial charge on any atom is -0.350 e. The Balaban J connectivity index is 1.43. The summed E-state index contributed by atoms with van der Waals surface area (Å²) < 4.78 is 29.9. The first kappa shape index (κ1) is 23.1. The molecule has 0 aliphatic rings. The average molecular weight is 477 g/mol. The first-order chi connectivity index (χ1) is 16.2. The van der Waals surface area contributed by atoms with Crippen molar-refractivity contribution in [2.75, 3.05) is 4.72 Å². The topological polar surface area (TPSA) is 109 Å². The monoisotopic (exact) mass is 476 g/mol. The molecule has 3 aromatic carbocycles. The number of anilines is 1. The molecule has 4 aromatic rings. The van der Waals surface area contributed by atoms with Crippen molar-refractivity contribution in [1.29, 1.82) is 0 Å². The van der Waals surface area contributed by atoms with Crippen molar-refractivity contribution in [2.24, 2.45) is 7.05 Å². The van der Waals surface area contributed by atoms with Crippen LogP contribution in [0.3, 0.4) is 0 Å². The van der Waals surface area contributed by atoms with E-state index >= 15 is 0 Å². The van der Waals surface area contributed by atoms with Gasteiger partial charge in [0.2, 0.25) is 0 Å². The minimum atomic E-state index is -3.83. The predicted molar refractivity (Wildman–Crippen MR) is 131 cm³/mol. The van der Waals surface area contributed by atoms with Gasteiger partial charge in [-0.1, -0.05) is 30.3 Å². The maximum Gasteiger partial charge on any atom is 0.271 e. The molecule has 174 valence electrons. The molecular weight excluding hydrogens is 452 g/mol. The van der Waals surface area contributed by atoms with Crippen LogP contribution in [0.5, 0.6) is 0 Å². The van der Waals surface area contributed by atoms with E-state index in [2.05, 4.69) is 15.6 Å². The van der Waals surface area contributed by atoms with Crippen LogP contribution in [0.2, 0.25) is 0 Å². The maximum absolute atomic E-state index is 12.8. The molecule has 8 nitrogen and oxygen atoms in total. The van der Waals surface area contributed by atoms with Gasteiger partial charge in [-0.3, -0.25) is 25.2 Å². The number of nitrogens with one attached hydrogen (secondary N) is 3. The van der Waals surface area contributed by atoms with E-state index in [1.54, 1.807) is 18.3 Å². The lowest BCUT2D eigenvalue weighted by Crippen LogP contribution is -2.41. The minimum absolute atomic E-state index is 0.0183. The number of hydrazine groups is 1. The Bertz CT molecular complexity index is 1510. The average Bonchev–Trinajstić information content (AvgIpc) is 3.17. The molecule has 0 saturated carbocycles. The fraction of sp³-hybridized carbons (Fsp3) is 0.120. The van der Waals surface area contributed by atoms with E-state index in [-0.39, 0.29) is 10.5 Å². The summed E-state index contributed by atoms with van der Waals surface area (Å²) in [5.74, 6) is -1.03. The Hall–Kier alpha value is -4.11. The Morgan fingerprint density at radius 1 is 0.824 bits per heavy atom. The van der Waals surface area contributed by atoms with Gasteiger partial charge in [0.25, 0.3) is 21.8 Å². The van der Waals surface area contributed by atoms with E-state index in [9.17, 15) is 18.0 Å². The molecule has 0 unspecified atom stereocenters. The summed E-state index contributed by atoms with van der Waals surface area (Å²) in [6.07, 6.45) is 1.69. The van der Waals surface area contributed by atoms with Crippen molar-refractivity contribution in [2.45, 2.75) is 18.7 Å². The normalized spacial score (nSPS) is 11.3. The van der Waals surface area contributed by atoms with Crippen LogP contribution in [0.15, 0.2) is 77.8 Å². The first-order valence-corrected chi connectivity index (χ1v) is 12.0. The van der Waals surface area contributed by atoms with Gasteiger partial charge in [0.1, 0.15) is 0 Å². The van der Waals surface area contributed by atoms with Crippen LogP contribution in [0.4, 0.5) is 5.69 Å². The largest absolute Gasteiger partial charge is 0.350 e. The molecule has 1 aromatic heterocycles. The van der Waals surface area contributed by atoms with Gasteiger partial charge in [-0.2, -0.15) is 0 Å². The standard InChI is InChI=1S/C25H24N4O4S/c1-16-7-6-9-22(17(16)2)28-34(32,33)19-13-11-18(12-14-19)24(30)26-27-25(31)21-15-29(3)23-10-5-4-8-20(21)23/h4-15,28H,1-3H3,(H,26,30)(H,27,31). The lowest BCUT2D eigenvalue weighted by molar-refractivity contribution is 0.0847. The van der Waals surface area contributed by atoms with E-state index in [4.69, 9.17) is 0 Å². The Morgan fingerprint density at radius 2 is 1.50 bits per heavy atom. The van der Waals surface area contributed by atoms with Gasteiger partial charge in [-0.05, 0) is 61.4 Å². The summed E-state index contributed by atoms with van der Waals surface area (Å²) in [5.41, 5.74) is 8.60. The number of fused-ring (bicyclic) bond motifs is 1. The van der Waals surface area contributed by atoms with E-state index in [1.165, 1.54) is 24.3 Å². The van der Waals surface area contributed by atoms with Crippen LogP contribution in [0.1, 0.15) is 31.8 Å². The molecule has 0 atom stereocenters. The highest BCUT2D eigenvalue weighted by Gasteiger charge is 2.18. The highest BCUT2D eigenvalue weighted by molar-refractivity contribution is 7.92. The number of carbonyl (C=O) groups excluding carboxylic acids is 2. The number of nitrogens with zero attached hydrogens (tertiary/aromatic N) is 1. The van der Waals surface area contributed by atoms with Crippen molar-refractivity contribution < 1.29 is 18.0 Å². The number of rotatable bonds is 5. The molecular formula is C25H24N4O4S. The fourth-order valence-electron chi connectivity index (χ4n) is 3.63. The van der Waals surface area contributed by atoms with Crippen molar-refractivity contribution in [3.05, 3.63) is 95.2 Å². The molecule has 0 aliphatic carbocycles. The third-order valence-electron chi connectivity index (χ3n) is 5.71. The van der Waals surface area contributed by atoms with Gasteiger partial charge in [0.05, 0.1) is 16.1 Å². The number of carbonyl (C=O) groups is 2. The highest BCUT2D eigenvalue weighted by Crippen LogP contribution is 2.22. The molecule has 1 heterocycles. The lowest BCUT2D eigenvalue weighted by Gasteiger charge is -2.12. The number of benzene rings is 3. The summed E-state index contributed by atoms with van der Waals surface area (Å²) in [5, 5.41) is 0.766. The molecule has 0 spiro atoms. The zero-order valence-electron chi connectivity index (χ0n) is 18.9. The summed E-state index contributed by atoms with van der Waals surface area (Å²) in [6.45, 7) is 3.74. The second-order valence-corrected chi connectivity index (χ2v) is 9.64. The lowest BCUT2D eigenvalue weighted by atomic mass is 10.1. The smallest absolute Gasteiger partial charge is 0.271 e. The second-order valence-electron chi connectivity index (χ2n) is 7.96. The van der Waals surface area contributed by atoms with Gasteiger partial charge in [-0.15, -0.1) is 0 Å². The fourth-order valence-corrected chi connectivity index (χ4v) is 4.75.